The highest BCUT2D eigenvalue weighted by Gasteiger charge is 2.30. The molecule has 3 N–H and O–H groups in total. The lowest BCUT2D eigenvalue weighted by atomic mass is 10.1. The molecule has 2 heterocycles. The number of allylic oxidation sites excluding steroid dienone is 2. The van der Waals surface area contributed by atoms with Gasteiger partial charge in [-0.05, 0) is 43.3 Å². The smallest absolute Gasteiger partial charge is 0.264 e. The fraction of sp³-hybridized carbons (Fsp3) is 0.0952. The highest BCUT2D eigenvalue weighted by Crippen LogP contribution is 2.34. The molecule has 1 atom stereocenters. The minimum Gasteiger partial charge on any atom is -0.345 e. The lowest BCUT2D eigenvalue weighted by molar-refractivity contribution is 0.0940. The van der Waals surface area contributed by atoms with E-state index in [2.05, 4.69) is 30.7 Å². The predicted molar refractivity (Wildman–Crippen MR) is 127 cm³/mol. The molecule has 0 aromatic heterocycles. The molecular formula is C21H17BrF2N4O3S2. The normalized spacial score (nSPS) is 15.8. The summed E-state index contributed by atoms with van der Waals surface area (Å²) in [4.78, 5) is 13.0. The monoisotopic (exact) mass is 554 g/mol. The number of nitrogens with zero attached hydrogens (tertiary/aromatic N) is 1. The second-order valence-corrected chi connectivity index (χ2v) is 10.5. The average Bonchev–Trinajstić information content (AvgIpc) is 3.22. The van der Waals surface area contributed by atoms with E-state index in [0.717, 1.165) is 12.1 Å². The molecule has 0 aliphatic carbocycles. The van der Waals surface area contributed by atoms with Crippen molar-refractivity contribution in [3.8, 4) is 0 Å². The molecular weight excluding hydrogens is 538 g/mol. The summed E-state index contributed by atoms with van der Waals surface area (Å²) in [5.74, 6) is -2.15. The Kier molecular flexibility index (Phi) is 6.50. The minimum absolute atomic E-state index is 0.0237. The Hall–Kier alpha value is -2.83. The lowest BCUT2D eigenvalue weighted by Crippen LogP contribution is -2.29. The van der Waals surface area contributed by atoms with Crippen LogP contribution >= 0.6 is 28.1 Å². The quantitative estimate of drug-likeness (QED) is 0.449. The van der Waals surface area contributed by atoms with Crippen LogP contribution < -0.4 is 14.8 Å². The fourth-order valence-corrected chi connectivity index (χ4v) is 5.60. The van der Waals surface area contributed by atoms with Gasteiger partial charge in [0.2, 0.25) is 0 Å². The van der Waals surface area contributed by atoms with Crippen molar-refractivity contribution in [2.24, 2.45) is 0 Å². The summed E-state index contributed by atoms with van der Waals surface area (Å²) >= 11 is 4.50. The molecule has 2 aromatic carbocycles. The summed E-state index contributed by atoms with van der Waals surface area (Å²) in [5, 5.41) is 2.62. The first kappa shape index (κ1) is 23.3. The highest BCUT2D eigenvalue weighted by molar-refractivity contribution is 9.10. The maximum atomic E-state index is 14.1. The van der Waals surface area contributed by atoms with E-state index >= 15 is 0 Å². The number of hydrogen-bond acceptors (Lipinski definition) is 6. The van der Waals surface area contributed by atoms with E-state index in [4.69, 9.17) is 0 Å². The van der Waals surface area contributed by atoms with E-state index in [1.165, 1.54) is 36.4 Å². The first-order valence-corrected chi connectivity index (χ1v) is 12.6. The first-order valence-electron chi connectivity index (χ1n) is 9.54. The number of carbonyl (C=O) groups excluding carboxylic acids is 1. The number of anilines is 1. The predicted octanol–water partition coefficient (Wildman–Crippen LogP) is 4.68. The Bertz CT molecular complexity index is 1330. The number of halogens is 3. The molecule has 0 radical (unpaired) electrons. The van der Waals surface area contributed by atoms with E-state index in [0.29, 0.717) is 10.2 Å². The van der Waals surface area contributed by atoms with Crippen LogP contribution in [0, 0.1) is 11.6 Å². The van der Waals surface area contributed by atoms with Gasteiger partial charge in [-0.25, -0.2) is 17.2 Å². The largest absolute Gasteiger partial charge is 0.345 e. The molecule has 2 aliphatic rings. The van der Waals surface area contributed by atoms with Crippen molar-refractivity contribution in [1.29, 1.82) is 0 Å². The molecule has 172 valence electrons. The summed E-state index contributed by atoms with van der Waals surface area (Å²) in [6.07, 6.45) is 6.32. The van der Waals surface area contributed by atoms with E-state index in [9.17, 15) is 22.0 Å². The first-order chi connectivity index (χ1) is 15.7. The Morgan fingerprint density at radius 1 is 1.21 bits per heavy atom. The zero-order valence-corrected chi connectivity index (χ0v) is 20.2. The van der Waals surface area contributed by atoms with E-state index in [-0.39, 0.29) is 21.7 Å². The Morgan fingerprint density at radius 3 is 2.76 bits per heavy atom. The van der Waals surface area contributed by atoms with E-state index < -0.39 is 33.6 Å². The van der Waals surface area contributed by atoms with Crippen molar-refractivity contribution in [1.82, 2.24) is 14.3 Å². The molecule has 4 rings (SSSR count). The third-order valence-electron chi connectivity index (χ3n) is 4.84. The Balaban J connectivity index is 1.60. The number of rotatable bonds is 6. The molecule has 12 heteroatoms. The van der Waals surface area contributed by atoms with Crippen molar-refractivity contribution in [3.05, 3.63) is 98.8 Å². The van der Waals surface area contributed by atoms with Gasteiger partial charge in [0.25, 0.3) is 15.9 Å². The Morgan fingerprint density at radius 2 is 2.00 bits per heavy atom. The molecule has 0 unspecified atom stereocenters. The van der Waals surface area contributed by atoms with Crippen LogP contribution in [0.1, 0.15) is 28.9 Å². The van der Waals surface area contributed by atoms with Crippen LogP contribution in [0.25, 0.3) is 0 Å². The zero-order chi connectivity index (χ0) is 23.8. The van der Waals surface area contributed by atoms with Crippen molar-refractivity contribution in [2.75, 3.05) is 4.72 Å². The summed E-state index contributed by atoms with van der Waals surface area (Å²) < 4.78 is 61.2. The van der Waals surface area contributed by atoms with Gasteiger partial charge in [-0.3, -0.25) is 13.8 Å². The number of amides is 1. The van der Waals surface area contributed by atoms with Crippen molar-refractivity contribution in [3.63, 3.8) is 0 Å². The molecule has 0 fully saturated rings. The molecule has 2 aromatic rings. The van der Waals surface area contributed by atoms with Gasteiger partial charge in [-0.1, -0.05) is 22.0 Å². The van der Waals surface area contributed by atoms with Crippen LogP contribution in [0.5, 0.6) is 0 Å². The van der Waals surface area contributed by atoms with Gasteiger partial charge in [0.05, 0.1) is 35.1 Å². The van der Waals surface area contributed by atoms with Crippen LogP contribution in [0.15, 0.2) is 76.0 Å². The van der Waals surface area contributed by atoms with Crippen LogP contribution in [0.4, 0.5) is 14.5 Å². The lowest BCUT2D eigenvalue weighted by Gasteiger charge is -2.21. The van der Waals surface area contributed by atoms with Crippen molar-refractivity contribution < 1.29 is 22.0 Å². The molecule has 0 bridgehead atoms. The Labute approximate surface area is 202 Å². The fourth-order valence-electron chi connectivity index (χ4n) is 3.27. The number of fused-ring (bicyclic) bond motifs is 1. The number of benzene rings is 2. The van der Waals surface area contributed by atoms with Gasteiger partial charge in [0, 0.05) is 28.5 Å². The zero-order valence-electron chi connectivity index (χ0n) is 17.0. The number of carbonyl (C=O) groups is 1. The SMILES string of the molecule is C[C@@H](NC(=O)c1ccc(Br)cc1NS(=O)(=O)C1=CC=CN2SNC=C12)c1ccc(F)cc1F. The number of hydrogen-bond donors (Lipinski definition) is 3. The van der Waals surface area contributed by atoms with Gasteiger partial charge in [0.15, 0.2) is 0 Å². The van der Waals surface area contributed by atoms with E-state index in [1.807, 2.05) is 0 Å². The number of nitrogens with one attached hydrogen (secondary N) is 3. The van der Waals surface area contributed by atoms with Gasteiger partial charge < -0.3 is 10.0 Å². The average molecular weight is 555 g/mol. The molecule has 1 amide bonds. The minimum atomic E-state index is -4.06. The second kappa shape index (κ2) is 9.20. The van der Waals surface area contributed by atoms with Crippen LogP contribution in [-0.2, 0) is 10.0 Å². The second-order valence-electron chi connectivity index (χ2n) is 7.09. The molecule has 2 aliphatic heterocycles. The molecule has 0 spiro atoms. The summed E-state index contributed by atoms with van der Waals surface area (Å²) in [6.45, 7) is 1.54. The summed E-state index contributed by atoms with van der Waals surface area (Å²) in [6, 6.07) is 6.77. The molecule has 7 nitrogen and oxygen atoms in total. The number of sulfonamides is 1. The molecule has 0 saturated carbocycles. The summed E-state index contributed by atoms with van der Waals surface area (Å²) in [7, 11) is -4.06. The van der Waals surface area contributed by atoms with Gasteiger partial charge in [-0.2, -0.15) is 0 Å². The third-order valence-corrected chi connectivity index (χ3v) is 7.49. The van der Waals surface area contributed by atoms with Crippen molar-refractivity contribution in [2.45, 2.75) is 13.0 Å². The third kappa shape index (κ3) is 4.92. The van der Waals surface area contributed by atoms with Crippen LogP contribution in [0.3, 0.4) is 0 Å². The standard InChI is InChI=1S/C21H17BrF2N4O3S2/c1-12(15-7-5-14(23)10-17(15)24)26-21(29)16-6-4-13(22)9-18(16)27-33(30,31)20-3-2-8-28-19(20)11-25-32-28/h2-12,25,27H,1H3,(H,26,29)/t12-/m1/s1. The summed E-state index contributed by atoms with van der Waals surface area (Å²) in [5.41, 5.74) is 0.612. The topological polar surface area (TPSA) is 90.5 Å². The maximum absolute atomic E-state index is 14.1. The van der Waals surface area contributed by atoms with E-state index in [1.54, 1.807) is 35.8 Å². The van der Waals surface area contributed by atoms with Gasteiger partial charge in [-0.15, -0.1) is 0 Å². The molecule has 33 heavy (non-hydrogen) atoms. The van der Waals surface area contributed by atoms with Crippen LogP contribution in [0.2, 0.25) is 0 Å². The van der Waals surface area contributed by atoms with Crippen LogP contribution in [-0.4, -0.2) is 18.6 Å². The van der Waals surface area contributed by atoms with Gasteiger partial charge in [0.1, 0.15) is 16.5 Å². The molecule has 0 saturated heterocycles. The maximum Gasteiger partial charge on any atom is 0.264 e. The van der Waals surface area contributed by atoms with Gasteiger partial charge >= 0.3 is 0 Å². The highest BCUT2D eigenvalue weighted by atomic mass is 79.9. The van der Waals surface area contributed by atoms with Crippen molar-refractivity contribution >= 4 is 49.7 Å².